The molecule has 4 N–H and O–H groups in total. The molecule has 14 atom stereocenters. The predicted octanol–water partition coefficient (Wildman–Crippen LogP) is 3.39. The third-order valence-corrected chi connectivity index (χ3v) is 11.2. The lowest BCUT2D eigenvalue weighted by atomic mass is 9.48. The summed E-state index contributed by atoms with van der Waals surface area (Å²) in [6.07, 6.45) is 0.642. The van der Waals surface area contributed by atoms with Gasteiger partial charge in [-0.25, -0.2) is 0 Å². The molecule has 0 aromatic rings. The molecule has 0 bridgehead atoms. The average molecular weight is 485 g/mol. The normalized spacial score (nSPS) is 50.6. The molecule has 1 heterocycles. The summed E-state index contributed by atoms with van der Waals surface area (Å²) in [6.45, 7) is 10.0. The Bertz CT molecular complexity index is 824. The van der Waals surface area contributed by atoms with Gasteiger partial charge >= 0.3 is 5.97 Å². The molecule has 0 radical (unpaired) electrons. The number of fused-ring (bicyclic) bond motifs is 5. The smallest absolute Gasteiger partial charge is 0.309 e. The van der Waals surface area contributed by atoms with Crippen LogP contribution >= 0.6 is 0 Å². The number of hydrogen-bond donors (Lipinski definition) is 4. The van der Waals surface area contributed by atoms with Crippen molar-refractivity contribution in [3.05, 3.63) is 0 Å². The molecular formula is C28H48O6. The van der Waals surface area contributed by atoms with Crippen molar-refractivity contribution >= 4 is 5.97 Å². The number of hydrogen-bond acceptors (Lipinski definition) is 6. The van der Waals surface area contributed by atoms with Gasteiger partial charge in [-0.3, -0.25) is 4.79 Å². The first-order valence-electron chi connectivity index (χ1n) is 14.6. The minimum absolute atomic E-state index is 0.0698. The lowest BCUT2D eigenvalue weighted by Crippen LogP contribution is -2.55. The highest BCUT2D eigenvalue weighted by Crippen LogP contribution is 2.66. The molecule has 0 aromatic carbocycles. The third-order valence-electron chi connectivity index (χ3n) is 11.2. The van der Waals surface area contributed by atoms with Crippen molar-refractivity contribution in [3.8, 4) is 0 Å². The summed E-state index contributed by atoms with van der Waals surface area (Å²) in [6, 6.07) is 0. The highest BCUT2D eigenvalue weighted by atomic mass is 16.5. The molecule has 196 valence electrons. The lowest BCUT2D eigenvalue weighted by molar-refractivity contribution is -0.162. The Hall–Kier alpha value is -0.690. The summed E-state index contributed by atoms with van der Waals surface area (Å²) in [5.74, 6) is -1.58. The van der Waals surface area contributed by atoms with Crippen molar-refractivity contribution in [2.24, 2.45) is 58.1 Å². The second-order valence-corrected chi connectivity index (χ2v) is 12.8. The van der Waals surface area contributed by atoms with Crippen LogP contribution in [0.1, 0.15) is 82.8 Å². The van der Waals surface area contributed by atoms with Crippen LogP contribution in [0.15, 0.2) is 0 Å². The van der Waals surface area contributed by atoms with Gasteiger partial charge in [-0.05, 0) is 90.8 Å². The van der Waals surface area contributed by atoms with Gasteiger partial charge in [0.25, 0.3) is 0 Å². The molecule has 34 heavy (non-hydrogen) atoms. The molecule has 4 rings (SSSR count). The number of carbonyl (C=O) groups is 1. The van der Waals surface area contributed by atoms with Crippen LogP contribution < -0.4 is 0 Å². The van der Waals surface area contributed by atoms with Crippen molar-refractivity contribution in [2.75, 3.05) is 6.61 Å². The molecule has 0 amide bonds. The van der Waals surface area contributed by atoms with Crippen LogP contribution in [0.2, 0.25) is 0 Å². The summed E-state index contributed by atoms with van der Waals surface area (Å²) in [5, 5.41) is 43.1. The van der Waals surface area contributed by atoms with Gasteiger partial charge in [0.15, 0.2) is 0 Å². The Kier molecular flexibility index (Phi) is 6.49. The molecule has 0 spiro atoms. The third kappa shape index (κ3) is 4.05. The molecule has 1 saturated heterocycles. The molecule has 6 heteroatoms. The van der Waals surface area contributed by atoms with Crippen molar-refractivity contribution in [3.63, 3.8) is 0 Å². The van der Waals surface area contributed by atoms with Crippen LogP contribution in [0.3, 0.4) is 0 Å². The molecular weight excluding hydrogens is 432 g/mol. The van der Waals surface area contributed by atoms with Gasteiger partial charge in [-0.2, -0.15) is 0 Å². The maximum absolute atomic E-state index is 13.0. The zero-order chi connectivity index (χ0) is 26.8. The molecule has 3 saturated carbocycles. The van der Waals surface area contributed by atoms with Gasteiger partial charge in [-0.1, -0.05) is 41.5 Å². The van der Waals surface area contributed by atoms with Crippen LogP contribution in [0, 0.1) is 58.1 Å². The zero-order valence-corrected chi connectivity index (χ0v) is 21.6. The topological polar surface area (TPSA) is 107 Å². The monoisotopic (exact) mass is 484 g/mol. The fourth-order valence-corrected chi connectivity index (χ4v) is 8.83. The average Bonchev–Trinajstić information content (AvgIpc) is 3.14. The Balaban J connectivity index is 1.56. The first-order valence-corrected chi connectivity index (χ1v) is 13.4. The van der Waals surface area contributed by atoms with Gasteiger partial charge in [0.05, 0.1) is 36.9 Å². The SMILES string of the molecule is [3H]CC([3H])(C)[C@H](C)[C@@H](O)[C@H](O)[C@@H](C)[C@H]1CC[C@H]2[C@@H]3COC(=O)[C@H]4C[C@H](O)[C@H](O)C[C@]4(C)[C@H]3CC[C@]12C. The second-order valence-electron chi connectivity index (χ2n) is 12.8. The Morgan fingerprint density at radius 2 is 1.71 bits per heavy atom. The maximum atomic E-state index is 13.0. The number of ether oxygens (including phenoxy) is 1. The van der Waals surface area contributed by atoms with E-state index in [1.54, 1.807) is 13.8 Å². The molecule has 1 unspecified atom stereocenters. The minimum Gasteiger partial charge on any atom is -0.465 e. The van der Waals surface area contributed by atoms with E-state index in [1.165, 1.54) is 0 Å². The van der Waals surface area contributed by atoms with Crippen molar-refractivity contribution < 1.29 is 32.7 Å². The van der Waals surface area contributed by atoms with E-state index >= 15 is 0 Å². The van der Waals surface area contributed by atoms with E-state index in [0.29, 0.717) is 18.9 Å². The number of rotatable bonds is 5. The highest BCUT2D eigenvalue weighted by molar-refractivity contribution is 5.74. The number of esters is 1. The summed E-state index contributed by atoms with van der Waals surface area (Å²) >= 11 is 0. The van der Waals surface area contributed by atoms with Gasteiger partial charge in [-0.15, -0.1) is 0 Å². The summed E-state index contributed by atoms with van der Waals surface area (Å²) < 4.78 is 21.9. The summed E-state index contributed by atoms with van der Waals surface area (Å²) in [5.41, 5.74) is -0.485. The zero-order valence-electron chi connectivity index (χ0n) is 23.6. The fourth-order valence-electron chi connectivity index (χ4n) is 8.83. The van der Waals surface area contributed by atoms with Gasteiger partial charge in [0, 0.05) is 2.74 Å². The molecule has 1 aliphatic heterocycles. The van der Waals surface area contributed by atoms with Crippen LogP contribution in [0.5, 0.6) is 0 Å². The van der Waals surface area contributed by atoms with Crippen molar-refractivity contribution in [2.45, 2.75) is 104 Å². The predicted molar refractivity (Wildman–Crippen MR) is 130 cm³/mol. The van der Waals surface area contributed by atoms with E-state index in [9.17, 15) is 25.2 Å². The first kappa shape index (κ1) is 23.7. The van der Waals surface area contributed by atoms with Crippen LogP contribution in [-0.2, 0) is 9.53 Å². The molecule has 0 aromatic heterocycles. The lowest BCUT2D eigenvalue weighted by Gasteiger charge is -2.56. The summed E-state index contributed by atoms with van der Waals surface area (Å²) in [4.78, 5) is 13.0. The van der Waals surface area contributed by atoms with E-state index in [0.717, 1.165) is 25.7 Å². The Morgan fingerprint density at radius 3 is 2.38 bits per heavy atom. The number of carbonyl (C=O) groups excluding carboxylic acids is 1. The standard InChI is InChI=1S/C28H48O6/c1-14(2)15(3)24(31)25(32)16(4)18-7-8-19-17-13-34-26(33)21-11-22(29)23(30)12-28(21,6)20(17)9-10-27(18,19)5/h14-25,29-32H,7-13H2,1-6H3/t15-,16-,17-,18+,19-,20-,21+,22-,23+,24+,25+,27+,28+/m0/s1/i1T,14T/t14?,15-,16-,17-,18+,19-,20-,21+,22-,23+,24+,25+,27+,28+. The van der Waals surface area contributed by atoms with E-state index in [-0.39, 0.29) is 48.4 Å². The molecule has 4 aliphatic rings. The van der Waals surface area contributed by atoms with E-state index in [2.05, 4.69) is 13.8 Å². The number of aliphatic hydroxyl groups is 4. The largest absolute Gasteiger partial charge is 0.465 e. The quantitative estimate of drug-likeness (QED) is 0.446. The number of cyclic esters (lactones) is 1. The molecule has 3 aliphatic carbocycles. The maximum Gasteiger partial charge on any atom is 0.309 e. The minimum atomic E-state index is -1.13. The fraction of sp³-hybridized carbons (Fsp3) is 0.964. The van der Waals surface area contributed by atoms with Crippen molar-refractivity contribution in [1.29, 1.82) is 0 Å². The first-order chi connectivity index (χ1) is 16.7. The van der Waals surface area contributed by atoms with Gasteiger partial charge < -0.3 is 25.2 Å². The van der Waals surface area contributed by atoms with Gasteiger partial charge in [0.1, 0.15) is 0 Å². The Labute approximate surface area is 208 Å². The molecule has 6 nitrogen and oxygen atoms in total. The second kappa shape index (κ2) is 9.32. The van der Waals surface area contributed by atoms with Crippen LogP contribution in [0.25, 0.3) is 0 Å². The van der Waals surface area contributed by atoms with Crippen LogP contribution in [0.4, 0.5) is 0 Å². The van der Waals surface area contributed by atoms with Gasteiger partial charge in [0.2, 0.25) is 0 Å². The molecule has 4 fully saturated rings. The highest BCUT2D eigenvalue weighted by Gasteiger charge is 2.63. The van der Waals surface area contributed by atoms with Crippen molar-refractivity contribution in [1.82, 2.24) is 0 Å². The number of aliphatic hydroxyl groups excluding tert-OH is 4. The van der Waals surface area contributed by atoms with E-state index < -0.39 is 47.6 Å². The van der Waals surface area contributed by atoms with E-state index in [1.807, 2.05) is 6.92 Å². The van der Waals surface area contributed by atoms with Crippen LogP contribution in [-0.4, -0.2) is 57.4 Å². The Morgan fingerprint density at radius 1 is 1.03 bits per heavy atom. The van der Waals surface area contributed by atoms with E-state index in [4.69, 9.17) is 7.48 Å². The summed E-state index contributed by atoms with van der Waals surface area (Å²) in [7, 11) is 0.